The van der Waals surface area contributed by atoms with Crippen LogP contribution in [-0.2, 0) is 4.74 Å². The number of hydrogen-bond donors (Lipinski definition) is 1. The summed E-state index contributed by atoms with van der Waals surface area (Å²) in [5.74, 6) is 1.04. The van der Waals surface area contributed by atoms with E-state index < -0.39 is 0 Å². The van der Waals surface area contributed by atoms with Crippen LogP contribution in [-0.4, -0.2) is 25.8 Å². The molecule has 2 aliphatic heterocycles. The van der Waals surface area contributed by atoms with Crippen LogP contribution in [0.3, 0.4) is 0 Å². The third-order valence-electron chi connectivity index (χ3n) is 3.95. The van der Waals surface area contributed by atoms with Crippen LogP contribution in [0.15, 0.2) is 18.2 Å². The minimum absolute atomic E-state index is 0.0558. The van der Waals surface area contributed by atoms with Crippen molar-refractivity contribution in [1.29, 1.82) is 0 Å². The van der Waals surface area contributed by atoms with Gasteiger partial charge in [0, 0.05) is 32.1 Å². The molecule has 1 spiro atoms. The van der Waals surface area contributed by atoms with E-state index in [1.807, 2.05) is 0 Å². The maximum atomic E-state index is 6.30. The smallest absolute Gasteiger partial charge is 0.128 e. The summed E-state index contributed by atoms with van der Waals surface area (Å²) in [7, 11) is 1.79. The number of methoxy groups -OCH3 is 1. The Balaban J connectivity index is 2.04. The highest BCUT2D eigenvalue weighted by molar-refractivity contribution is 5.44. The van der Waals surface area contributed by atoms with Crippen LogP contribution in [0.1, 0.15) is 30.1 Å². The molecular formula is C14H19NO2. The highest BCUT2D eigenvalue weighted by atomic mass is 16.5. The summed E-state index contributed by atoms with van der Waals surface area (Å²) >= 11 is 0. The summed E-state index contributed by atoms with van der Waals surface area (Å²) in [6.07, 6.45) is 2.19. The van der Waals surface area contributed by atoms with Crippen LogP contribution in [0.2, 0.25) is 0 Å². The molecule has 3 heteroatoms. The molecule has 1 fully saturated rings. The first kappa shape index (κ1) is 11.1. The fraction of sp³-hybridized carbons (Fsp3) is 0.571. The summed E-state index contributed by atoms with van der Waals surface area (Å²) in [6, 6.07) is 6.30. The Bertz CT molecular complexity index is 424. The van der Waals surface area contributed by atoms with E-state index in [-0.39, 0.29) is 11.7 Å². The van der Waals surface area contributed by atoms with E-state index in [1.165, 1.54) is 11.1 Å². The number of hydrogen-bond acceptors (Lipinski definition) is 3. The molecule has 2 aliphatic rings. The van der Waals surface area contributed by atoms with Gasteiger partial charge in [-0.2, -0.15) is 0 Å². The van der Waals surface area contributed by atoms with Crippen molar-refractivity contribution in [1.82, 2.24) is 5.32 Å². The number of benzene rings is 1. The molecule has 2 unspecified atom stereocenters. The maximum absolute atomic E-state index is 6.30. The molecular weight excluding hydrogens is 214 g/mol. The van der Waals surface area contributed by atoms with Crippen LogP contribution < -0.4 is 10.1 Å². The molecule has 1 N–H and O–H groups in total. The summed E-state index contributed by atoms with van der Waals surface area (Å²) in [4.78, 5) is 0. The largest absolute Gasteiger partial charge is 0.485 e. The van der Waals surface area contributed by atoms with E-state index in [2.05, 4.69) is 30.4 Å². The normalized spacial score (nSPS) is 31.3. The summed E-state index contributed by atoms with van der Waals surface area (Å²) in [5.41, 5.74) is 2.35. The molecule has 0 radical (unpaired) electrons. The Kier molecular flexibility index (Phi) is 2.60. The van der Waals surface area contributed by atoms with E-state index in [9.17, 15) is 0 Å². The second-order valence-corrected chi connectivity index (χ2v) is 5.13. The molecule has 0 amide bonds. The van der Waals surface area contributed by atoms with Gasteiger partial charge in [0.2, 0.25) is 0 Å². The molecule has 0 saturated carbocycles. The fourth-order valence-corrected chi connectivity index (χ4v) is 2.97. The zero-order valence-corrected chi connectivity index (χ0v) is 10.5. The zero-order chi connectivity index (χ0) is 11.9. The molecule has 1 saturated heterocycles. The van der Waals surface area contributed by atoms with Gasteiger partial charge in [-0.1, -0.05) is 18.2 Å². The van der Waals surface area contributed by atoms with Gasteiger partial charge in [-0.25, -0.2) is 0 Å². The molecule has 1 aromatic rings. The van der Waals surface area contributed by atoms with Gasteiger partial charge in [0.15, 0.2) is 0 Å². The predicted octanol–water partition coefficient (Wildman–Crippen LogP) is 2.20. The van der Waals surface area contributed by atoms with E-state index >= 15 is 0 Å². The lowest BCUT2D eigenvalue weighted by molar-refractivity contribution is -0.0207. The van der Waals surface area contributed by atoms with Gasteiger partial charge in [-0.05, 0) is 19.0 Å². The second-order valence-electron chi connectivity index (χ2n) is 5.13. The Morgan fingerprint density at radius 3 is 3.06 bits per heavy atom. The van der Waals surface area contributed by atoms with Crippen LogP contribution in [0.25, 0.3) is 0 Å². The van der Waals surface area contributed by atoms with Crippen molar-refractivity contribution >= 4 is 0 Å². The van der Waals surface area contributed by atoms with E-state index in [1.54, 1.807) is 7.11 Å². The number of nitrogens with one attached hydrogen (secondary N) is 1. The highest BCUT2D eigenvalue weighted by Crippen LogP contribution is 2.44. The Labute approximate surface area is 102 Å². The Morgan fingerprint density at radius 2 is 2.35 bits per heavy atom. The summed E-state index contributed by atoms with van der Waals surface area (Å²) < 4.78 is 12.0. The Hall–Kier alpha value is -1.06. The third-order valence-corrected chi connectivity index (χ3v) is 3.95. The van der Waals surface area contributed by atoms with E-state index in [0.29, 0.717) is 0 Å². The monoisotopic (exact) mass is 233 g/mol. The summed E-state index contributed by atoms with van der Waals surface area (Å²) in [6.45, 7) is 4.07. The second kappa shape index (κ2) is 4.00. The van der Waals surface area contributed by atoms with Crippen LogP contribution in [0.5, 0.6) is 5.75 Å². The quantitative estimate of drug-likeness (QED) is 0.806. The van der Waals surface area contributed by atoms with Crippen molar-refractivity contribution in [3.63, 3.8) is 0 Å². The van der Waals surface area contributed by atoms with Gasteiger partial charge < -0.3 is 14.8 Å². The van der Waals surface area contributed by atoms with Gasteiger partial charge in [-0.15, -0.1) is 0 Å². The maximum Gasteiger partial charge on any atom is 0.128 e. The lowest BCUT2D eigenvalue weighted by atomic mass is 9.87. The topological polar surface area (TPSA) is 30.5 Å². The van der Waals surface area contributed by atoms with Crippen molar-refractivity contribution < 1.29 is 9.47 Å². The molecule has 17 heavy (non-hydrogen) atoms. The van der Waals surface area contributed by atoms with Crippen molar-refractivity contribution in [2.24, 2.45) is 0 Å². The van der Waals surface area contributed by atoms with Crippen molar-refractivity contribution in [3.05, 3.63) is 29.3 Å². The number of fused-ring (bicyclic) bond motifs is 1. The number of rotatable bonds is 1. The highest BCUT2D eigenvalue weighted by Gasteiger charge is 2.43. The average Bonchev–Trinajstić information content (AvgIpc) is 2.78. The zero-order valence-electron chi connectivity index (χ0n) is 10.5. The average molecular weight is 233 g/mol. The molecule has 0 aromatic heterocycles. The van der Waals surface area contributed by atoms with Gasteiger partial charge in [-0.3, -0.25) is 0 Å². The SMILES string of the molecule is COC1CC2(CCNC2)Oc2c(C)cccc21. The van der Waals surface area contributed by atoms with Crippen LogP contribution in [0, 0.1) is 6.92 Å². The van der Waals surface area contributed by atoms with Gasteiger partial charge in [0.05, 0.1) is 6.10 Å². The molecule has 2 atom stereocenters. The minimum Gasteiger partial charge on any atom is -0.485 e. The lowest BCUT2D eigenvalue weighted by Crippen LogP contribution is -2.43. The first-order chi connectivity index (χ1) is 8.24. The van der Waals surface area contributed by atoms with Crippen molar-refractivity contribution in [2.75, 3.05) is 20.2 Å². The van der Waals surface area contributed by atoms with Crippen molar-refractivity contribution in [3.8, 4) is 5.75 Å². The van der Waals surface area contributed by atoms with Crippen molar-refractivity contribution in [2.45, 2.75) is 31.5 Å². The first-order valence-corrected chi connectivity index (χ1v) is 6.26. The van der Waals surface area contributed by atoms with Crippen LogP contribution >= 0.6 is 0 Å². The van der Waals surface area contributed by atoms with E-state index in [0.717, 1.165) is 31.7 Å². The van der Waals surface area contributed by atoms with E-state index in [4.69, 9.17) is 9.47 Å². The molecule has 0 bridgehead atoms. The third kappa shape index (κ3) is 1.74. The molecule has 1 aromatic carbocycles. The number of para-hydroxylation sites is 1. The number of aryl methyl sites for hydroxylation is 1. The molecule has 3 rings (SSSR count). The van der Waals surface area contributed by atoms with Crippen LogP contribution in [0.4, 0.5) is 0 Å². The van der Waals surface area contributed by atoms with Gasteiger partial charge in [0.1, 0.15) is 11.4 Å². The summed E-state index contributed by atoms with van der Waals surface area (Å²) in [5, 5.41) is 3.40. The number of ether oxygens (including phenoxy) is 2. The predicted molar refractivity (Wildman–Crippen MR) is 66.4 cm³/mol. The molecule has 0 aliphatic carbocycles. The molecule has 92 valence electrons. The molecule has 3 nitrogen and oxygen atoms in total. The van der Waals surface area contributed by atoms with Gasteiger partial charge in [0.25, 0.3) is 0 Å². The first-order valence-electron chi connectivity index (χ1n) is 6.26. The standard InChI is InChI=1S/C14H19NO2/c1-10-4-3-5-11-12(16-2)8-14(17-13(10)11)6-7-15-9-14/h3-5,12,15H,6-9H2,1-2H3. The lowest BCUT2D eigenvalue weighted by Gasteiger charge is -2.39. The minimum atomic E-state index is -0.0558. The molecule has 2 heterocycles. The van der Waals surface area contributed by atoms with Gasteiger partial charge >= 0.3 is 0 Å². The fourth-order valence-electron chi connectivity index (χ4n) is 2.97. The Morgan fingerprint density at radius 1 is 1.47 bits per heavy atom.